The van der Waals surface area contributed by atoms with E-state index in [1.165, 1.54) is 22.9 Å². The molecular weight excluding hydrogens is 324 g/mol. The standard InChI is InChI=1S/C17H20N4O2S/c22-8-9-24-16-19-15(20-21-16)18-14(23)13-10-17(13)7-3-5-11-4-1-2-6-12(11)17/h1-2,4,6,13,22H,3,5,7-10H2,(H2,18,19,20,21,23)/t13-,17+/m0/s1. The van der Waals surface area contributed by atoms with E-state index in [0.29, 0.717) is 16.9 Å². The van der Waals surface area contributed by atoms with E-state index < -0.39 is 0 Å². The second kappa shape index (κ2) is 6.22. The molecule has 1 aromatic carbocycles. The van der Waals surface area contributed by atoms with E-state index in [0.717, 1.165) is 25.7 Å². The third kappa shape index (κ3) is 2.71. The van der Waals surface area contributed by atoms with Crippen molar-refractivity contribution in [3.63, 3.8) is 0 Å². The Hall–Kier alpha value is -1.86. The molecule has 1 heterocycles. The van der Waals surface area contributed by atoms with Crippen LogP contribution in [0, 0.1) is 5.92 Å². The first-order chi connectivity index (χ1) is 11.7. The number of nitrogens with zero attached hydrogens (tertiary/aromatic N) is 2. The molecule has 2 aliphatic carbocycles. The summed E-state index contributed by atoms with van der Waals surface area (Å²) >= 11 is 1.35. The number of carbonyl (C=O) groups is 1. The van der Waals surface area contributed by atoms with Crippen LogP contribution in [0.25, 0.3) is 0 Å². The highest BCUT2D eigenvalue weighted by molar-refractivity contribution is 7.99. The number of anilines is 1. The Balaban J connectivity index is 1.45. The molecule has 6 nitrogen and oxygen atoms in total. The lowest BCUT2D eigenvalue weighted by Gasteiger charge is -2.26. The number of hydrogen-bond donors (Lipinski definition) is 3. The van der Waals surface area contributed by atoms with Crippen molar-refractivity contribution in [1.29, 1.82) is 0 Å². The number of fused-ring (bicyclic) bond motifs is 2. The number of hydrogen-bond acceptors (Lipinski definition) is 5. The summed E-state index contributed by atoms with van der Waals surface area (Å²) in [4.78, 5) is 16.9. The van der Waals surface area contributed by atoms with Gasteiger partial charge in [-0.05, 0) is 36.8 Å². The molecule has 1 spiro atoms. The minimum Gasteiger partial charge on any atom is -0.396 e. The number of rotatable bonds is 5. The third-order valence-corrected chi connectivity index (χ3v) is 5.87. The zero-order valence-corrected chi connectivity index (χ0v) is 14.1. The monoisotopic (exact) mass is 344 g/mol. The van der Waals surface area contributed by atoms with Gasteiger partial charge in [0.2, 0.25) is 17.0 Å². The first-order valence-electron chi connectivity index (χ1n) is 8.28. The molecule has 1 fully saturated rings. The number of amides is 1. The number of aryl methyl sites for hydroxylation is 1. The molecule has 1 amide bonds. The zero-order valence-electron chi connectivity index (χ0n) is 13.3. The molecule has 1 saturated carbocycles. The van der Waals surface area contributed by atoms with Gasteiger partial charge in [0.1, 0.15) is 0 Å². The highest BCUT2D eigenvalue weighted by Crippen LogP contribution is 2.60. The summed E-state index contributed by atoms with van der Waals surface area (Å²) < 4.78 is 0. The molecule has 3 N–H and O–H groups in total. The van der Waals surface area contributed by atoms with E-state index in [9.17, 15) is 4.79 Å². The molecule has 2 aromatic rings. The number of aliphatic hydroxyl groups excluding tert-OH is 1. The Morgan fingerprint density at radius 2 is 2.33 bits per heavy atom. The normalized spacial score (nSPS) is 24.6. The number of aromatic amines is 1. The van der Waals surface area contributed by atoms with Crippen LogP contribution in [0.2, 0.25) is 0 Å². The molecule has 0 unspecified atom stereocenters. The summed E-state index contributed by atoms with van der Waals surface area (Å²) in [5.74, 6) is 0.944. The predicted octanol–water partition coefficient (Wildman–Crippen LogP) is 2.12. The van der Waals surface area contributed by atoms with Gasteiger partial charge in [0.25, 0.3) is 0 Å². The molecular formula is C17H20N4O2S. The molecule has 2 aliphatic rings. The average molecular weight is 344 g/mol. The van der Waals surface area contributed by atoms with Gasteiger partial charge < -0.3 is 5.11 Å². The Bertz CT molecular complexity index is 763. The molecule has 0 bridgehead atoms. The largest absolute Gasteiger partial charge is 0.396 e. The number of carbonyl (C=O) groups excluding carboxylic acids is 1. The van der Waals surface area contributed by atoms with Crippen LogP contribution in [0.15, 0.2) is 29.4 Å². The summed E-state index contributed by atoms with van der Waals surface area (Å²) in [5.41, 5.74) is 2.77. The molecule has 24 heavy (non-hydrogen) atoms. The van der Waals surface area contributed by atoms with Crippen molar-refractivity contribution in [2.24, 2.45) is 5.92 Å². The van der Waals surface area contributed by atoms with Gasteiger partial charge in [-0.2, -0.15) is 4.98 Å². The fourth-order valence-corrected chi connectivity index (χ4v) is 4.42. The molecule has 1 aromatic heterocycles. The maximum absolute atomic E-state index is 12.6. The van der Waals surface area contributed by atoms with Crippen LogP contribution in [0.1, 0.15) is 30.4 Å². The quantitative estimate of drug-likeness (QED) is 0.723. The second-order valence-corrected chi connectivity index (χ2v) is 7.51. The Morgan fingerprint density at radius 3 is 3.21 bits per heavy atom. The average Bonchev–Trinajstić information content (AvgIpc) is 3.14. The smallest absolute Gasteiger partial charge is 0.230 e. The van der Waals surface area contributed by atoms with E-state index in [-0.39, 0.29) is 23.8 Å². The van der Waals surface area contributed by atoms with Crippen LogP contribution in [0.3, 0.4) is 0 Å². The van der Waals surface area contributed by atoms with E-state index in [1.54, 1.807) is 0 Å². The number of nitrogens with one attached hydrogen (secondary N) is 2. The van der Waals surface area contributed by atoms with E-state index in [2.05, 4.69) is 44.8 Å². The SMILES string of the molecule is O=C(Nc1nc(SCCO)n[nH]1)[C@@H]1C[C@@]12CCCc1ccccc12. The Kier molecular flexibility index (Phi) is 4.05. The van der Waals surface area contributed by atoms with Gasteiger partial charge in [-0.15, -0.1) is 5.10 Å². The lowest BCUT2D eigenvalue weighted by molar-refractivity contribution is -0.117. The molecule has 0 aliphatic heterocycles. The number of H-pyrrole nitrogens is 1. The van der Waals surface area contributed by atoms with Gasteiger partial charge in [0, 0.05) is 17.1 Å². The highest BCUT2D eigenvalue weighted by atomic mass is 32.2. The fraction of sp³-hybridized carbons (Fsp3) is 0.471. The first kappa shape index (κ1) is 15.7. The molecule has 0 radical (unpaired) electrons. The number of benzene rings is 1. The summed E-state index contributed by atoms with van der Waals surface area (Å²) in [5, 5.41) is 19.0. The van der Waals surface area contributed by atoms with Crippen molar-refractivity contribution < 1.29 is 9.90 Å². The lowest BCUT2D eigenvalue weighted by Crippen LogP contribution is -2.25. The molecule has 4 rings (SSSR count). The van der Waals surface area contributed by atoms with Gasteiger partial charge in [-0.3, -0.25) is 10.1 Å². The first-order valence-corrected chi connectivity index (χ1v) is 9.27. The number of aliphatic hydroxyl groups is 1. The maximum atomic E-state index is 12.6. The Morgan fingerprint density at radius 1 is 1.46 bits per heavy atom. The van der Waals surface area contributed by atoms with Crippen molar-refractivity contribution >= 4 is 23.6 Å². The van der Waals surface area contributed by atoms with Crippen LogP contribution in [-0.4, -0.2) is 38.6 Å². The molecule has 7 heteroatoms. The summed E-state index contributed by atoms with van der Waals surface area (Å²) in [6, 6.07) is 8.51. The number of thioether (sulfide) groups is 1. The number of aromatic nitrogens is 3. The summed E-state index contributed by atoms with van der Waals surface area (Å²) in [6.07, 6.45) is 4.25. The van der Waals surface area contributed by atoms with Gasteiger partial charge in [-0.25, -0.2) is 5.10 Å². The molecule has 0 saturated heterocycles. The van der Waals surface area contributed by atoms with Crippen LogP contribution < -0.4 is 5.32 Å². The van der Waals surface area contributed by atoms with Crippen molar-refractivity contribution in [2.45, 2.75) is 36.3 Å². The predicted molar refractivity (Wildman–Crippen MR) is 92.0 cm³/mol. The highest BCUT2D eigenvalue weighted by Gasteiger charge is 2.60. The van der Waals surface area contributed by atoms with Gasteiger partial charge >= 0.3 is 0 Å². The van der Waals surface area contributed by atoms with E-state index in [1.807, 2.05) is 0 Å². The van der Waals surface area contributed by atoms with E-state index in [4.69, 9.17) is 5.11 Å². The van der Waals surface area contributed by atoms with Crippen molar-refractivity contribution in [1.82, 2.24) is 15.2 Å². The third-order valence-electron chi connectivity index (χ3n) is 5.04. The van der Waals surface area contributed by atoms with Crippen LogP contribution in [0.5, 0.6) is 0 Å². The summed E-state index contributed by atoms with van der Waals surface area (Å²) in [6.45, 7) is 0.0743. The van der Waals surface area contributed by atoms with E-state index >= 15 is 0 Å². The van der Waals surface area contributed by atoms with Crippen LogP contribution >= 0.6 is 11.8 Å². The summed E-state index contributed by atoms with van der Waals surface area (Å²) in [7, 11) is 0. The maximum Gasteiger partial charge on any atom is 0.230 e. The van der Waals surface area contributed by atoms with Gasteiger partial charge in [0.05, 0.1) is 6.61 Å². The molecule has 2 atom stereocenters. The van der Waals surface area contributed by atoms with Crippen molar-refractivity contribution in [2.75, 3.05) is 17.7 Å². The zero-order chi connectivity index (χ0) is 16.6. The minimum absolute atomic E-state index is 0.0117. The van der Waals surface area contributed by atoms with Gasteiger partial charge in [-0.1, -0.05) is 36.0 Å². The van der Waals surface area contributed by atoms with Crippen LogP contribution in [-0.2, 0) is 16.6 Å². The fourth-order valence-electron chi connectivity index (χ4n) is 3.88. The Labute approximate surface area is 144 Å². The minimum atomic E-state index is 0.0117. The lowest BCUT2D eigenvalue weighted by atomic mass is 9.78. The van der Waals surface area contributed by atoms with Crippen LogP contribution in [0.4, 0.5) is 5.95 Å². The second-order valence-electron chi connectivity index (χ2n) is 6.45. The molecule has 126 valence electrons. The van der Waals surface area contributed by atoms with Crippen molar-refractivity contribution in [3.8, 4) is 0 Å². The topological polar surface area (TPSA) is 90.9 Å². The van der Waals surface area contributed by atoms with Crippen molar-refractivity contribution in [3.05, 3.63) is 35.4 Å². The van der Waals surface area contributed by atoms with Gasteiger partial charge in [0.15, 0.2) is 0 Å².